The quantitative estimate of drug-likeness (QED) is 0.659. The molecular formula is C9H17N5O. The molecule has 0 spiro atoms. The van der Waals surface area contributed by atoms with E-state index in [0.717, 1.165) is 0 Å². The van der Waals surface area contributed by atoms with Gasteiger partial charge in [0.1, 0.15) is 0 Å². The number of nitrogens with zero attached hydrogens (tertiary/aromatic N) is 2. The van der Waals surface area contributed by atoms with Crippen molar-refractivity contribution in [1.29, 1.82) is 0 Å². The molecule has 0 amide bonds. The molecule has 0 aliphatic rings. The summed E-state index contributed by atoms with van der Waals surface area (Å²) < 4.78 is 5.00. The predicted octanol–water partition coefficient (Wildman–Crippen LogP) is 0.547. The molecular weight excluding hydrogens is 194 g/mol. The van der Waals surface area contributed by atoms with E-state index >= 15 is 0 Å². The molecule has 0 saturated carbocycles. The number of hydrogen-bond donors (Lipinski definition) is 3. The Morgan fingerprint density at radius 1 is 1.60 bits per heavy atom. The fourth-order valence-electron chi connectivity index (χ4n) is 1.17. The third-order valence-corrected chi connectivity index (χ3v) is 1.85. The molecule has 0 aliphatic heterocycles. The highest BCUT2D eigenvalue weighted by atomic mass is 16.5. The van der Waals surface area contributed by atoms with Gasteiger partial charge in [0.05, 0.1) is 18.5 Å². The molecule has 4 N–H and O–H groups in total. The second kappa shape index (κ2) is 5.35. The first-order valence-corrected chi connectivity index (χ1v) is 4.73. The maximum Gasteiger partial charge on any atom is 0.225 e. The van der Waals surface area contributed by atoms with Gasteiger partial charge in [-0.1, -0.05) is 0 Å². The van der Waals surface area contributed by atoms with E-state index in [1.54, 1.807) is 20.4 Å². The van der Waals surface area contributed by atoms with E-state index in [1.165, 1.54) is 0 Å². The molecule has 6 nitrogen and oxygen atoms in total. The highest BCUT2D eigenvalue weighted by Crippen LogP contribution is 2.14. The van der Waals surface area contributed by atoms with Crippen LogP contribution in [-0.2, 0) is 4.74 Å². The van der Waals surface area contributed by atoms with Crippen LogP contribution in [0.2, 0.25) is 0 Å². The Morgan fingerprint density at radius 3 is 2.93 bits per heavy atom. The monoisotopic (exact) mass is 211 g/mol. The van der Waals surface area contributed by atoms with E-state index in [-0.39, 0.29) is 6.04 Å². The summed E-state index contributed by atoms with van der Waals surface area (Å²) in [5.41, 5.74) is 6.18. The number of nitrogens with one attached hydrogen (secondary N) is 2. The van der Waals surface area contributed by atoms with Crippen LogP contribution in [0, 0.1) is 0 Å². The number of hydrogen-bond acceptors (Lipinski definition) is 6. The van der Waals surface area contributed by atoms with Crippen molar-refractivity contribution in [3.8, 4) is 0 Å². The summed E-state index contributed by atoms with van der Waals surface area (Å²) in [5.74, 6) is 1.16. The van der Waals surface area contributed by atoms with Crippen LogP contribution < -0.4 is 16.4 Å². The van der Waals surface area contributed by atoms with Gasteiger partial charge in [-0.05, 0) is 6.92 Å². The Kier molecular flexibility index (Phi) is 4.11. The lowest BCUT2D eigenvalue weighted by Gasteiger charge is -2.13. The van der Waals surface area contributed by atoms with Gasteiger partial charge in [0.15, 0.2) is 5.82 Å². The standard InChI is InChI=1S/C9H17N5O/c1-6(5-15-3)13-9-12-4-7(10)8(11-2)14-9/h4,6H,5,10H2,1-3H3,(H2,11,12,13,14)/t6-/m0/s1. The molecule has 0 fully saturated rings. The zero-order chi connectivity index (χ0) is 11.3. The van der Waals surface area contributed by atoms with Crippen molar-refractivity contribution in [2.45, 2.75) is 13.0 Å². The first-order valence-electron chi connectivity index (χ1n) is 4.73. The average Bonchev–Trinajstić information content (AvgIpc) is 2.21. The summed E-state index contributed by atoms with van der Waals surface area (Å²) in [6, 6.07) is 0.156. The van der Waals surface area contributed by atoms with Crippen LogP contribution in [0.25, 0.3) is 0 Å². The number of rotatable bonds is 5. The molecule has 1 rings (SSSR count). The molecule has 0 aliphatic carbocycles. The molecule has 0 radical (unpaired) electrons. The lowest BCUT2D eigenvalue weighted by molar-refractivity contribution is 0.190. The molecule has 0 unspecified atom stereocenters. The van der Waals surface area contributed by atoms with E-state index < -0.39 is 0 Å². The molecule has 6 heteroatoms. The Bertz CT molecular complexity index is 317. The van der Waals surface area contributed by atoms with E-state index in [0.29, 0.717) is 24.1 Å². The van der Waals surface area contributed by atoms with Crippen molar-refractivity contribution in [2.24, 2.45) is 0 Å². The molecule has 0 saturated heterocycles. The normalized spacial score (nSPS) is 12.2. The van der Waals surface area contributed by atoms with E-state index in [9.17, 15) is 0 Å². The van der Waals surface area contributed by atoms with Crippen molar-refractivity contribution in [3.05, 3.63) is 6.20 Å². The molecule has 0 bridgehead atoms. The second-order valence-corrected chi connectivity index (χ2v) is 3.25. The van der Waals surface area contributed by atoms with E-state index in [2.05, 4.69) is 20.6 Å². The Hall–Kier alpha value is -1.56. The van der Waals surface area contributed by atoms with Crippen LogP contribution in [-0.4, -0.2) is 36.8 Å². The van der Waals surface area contributed by atoms with Crippen molar-refractivity contribution >= 4 is 17.5 Å². The first kappa shape index (κ1) is 11.5. The van der Waals surface area contributed by atoms with Crippen molar-refractivity contribution in [1.82, 2.24) is 9.97 Å². The van der Waals surface area contributed by atoms with Gasteiger partial charge >= 0.3 is 0 Å². The maximum atomic E-state index is 5.65. The van der Waals surface area contributed by atoms with Gasteiger partial charge in [-0.3, -0.25) is 0 Å². The number of aromatic nitrogens is 2. The molecule has 15 heavy (non-hydrogen) atoms. The molecule has 0 aromatic carbocycles. The fraction of sp³-hybridized carbons (Fsp3) is 0.556. The van der Waals surface area contributed by atoms with Crippen LogP contribution in [0.15, 0.2) is 6.20 Å². The molecule has 1 aromatic heterocycles. The minimum atomic E-state index is 0.156. The van der Waals surface area contributed by atoms with Gasteiger partial charge < -0.3 is 21.1 Å². The third-order valence-electron chi connectivity index (χ3n) is 1.85. The second-order valence-electron chi connectivity index (χ2n) is 3.25. The zero-order valence-corrected chi connectivity index (χ0v) is 9.24. The van der Waals surface area contributed by atoms with Crippen molar-refractivity contribution in [2.75, 3.05) is 37.1 Å². The number of nitrogen functional groups attached to an aromatic ring is 1. The van der Waals surface area contributed by atoms with Crippen LogP contribution in [0.3, 0.4) is 0 Å². The van der Waals surface area contributed by atoms with Gasteiger partial charge in [0, 0.05) is 20.2 Å². The Balaban J connectivity index is 2.69. The van der Waals surface area contributed by atoms with Crippen LogP contribution >= 0.6 is 0 Å². The van der Waals surface area contributed by atoms with Gasteiger partial charge in [0.25, 0.3) is 0 Å². The fourth-order valence-corrected chi connectivity index (χ4v) is 1.17. The van der Waals surface area contributed by atoms with E-state index in [4.69, 9.17) is 10.5 Å². The Morgan fingerprint density at radius 2 is 2.33 bits per heavy atom. The predicted molar refractivity (Wildman–Crippen MR) is 61.0 cm³/mol. The number of nitrogens with two attached hydrogens (primary N) is 1. The molecule has 1 heterocycles. The minimum absolute atomic E-state index is 0.156. The summed E-state index contributed by atoms with van der Waals surface area (Å²) in [7, 11) is 3.42. The van der Waals surface area contributed by atoms with Gasteiger partial charge in [-0.2, -0.15) is 4.98 Å². The highest BCUT2D eigenvalue weighted by molar-refractivity contribution is 5.61. The van der Waals surface area contributed by atoms with Gasteiger partial charge in [0.2, 0.25) is 5.95 Å². The number of anilines is 3. The van der Waals surface area contributed by atoms with Crippen molar-refractivity contribution in [3.63, 3.8) is 0 Å². The average molecular weight is 211 g/mol. The summed E-state index contributed by atoms with van der Waals surface area (Å²) in [4.78, 5) is 8.27. The zero-order valence-electron chi connectivity index (χ0n) is 9.24. The lowest BCUT2D eigenvalue weighted by atomic mass is 10.4. The topological polar surface area (TPSA) is 85.1 Å². The number of methoxy groups -OCH3 is 1. The smallest absolute Gasteiger partial charge is 0.225 e. The number of ether oxygens (including phenoxy) is 1. The van der Waals surface area contributed by atoms with Crippen LogP contribution in [0.1, 0.15) is 6.92 Å². The van der Waals surface area contributed by atoms with Crippen LogP contribution in [0.4, 0.5) is 17.5 Å². The molecule has 84 valence electrons. The maximum absolute atomic E-state index is 5.65. The van der Waals surface area contributed by atoms with Crippen LogP contribution in [0.5, 0.6) is 0 Å². The summed E-state index contributed by atoms with van der Waals surface area (Å²) in [5, 5.41) is 6.00. The lowest BCUT2D eigenvalue weighted by Crippen LogP contribution is -2.22. The van der Waals surface area contributed by atoms with Crippen molar-refractivity contribution < 1.29 is 4.74 Å². The highest BCUT2D eigenvalue weighted by Gasteiger charge is 2.05. The minimum Gasteiger partial charge on any atom is -0.394 e. The van der Waals surface area contributed by atoms with Gasteiger partial charge in [-0.25, -0.2) is 4.98 Å². The first-order chi connectivity index (χ1) is 7.17. The Labute approximate surface area is 89.2 Å². The SMILES string of the molecule is CNc1nc(N[C@@H](C)COC)ncc1N. The summed E-state index contributed by atoms with van der Waals surface area (Å²) in [6.45, 7) is 2.59. The summed E-state index contributed by atoms with van der Waals surface area (Å²) >= 11 is 0. The molecule has 1 aromatic rings. The third kappa shape index (κ3) is 3.25. The van der Waals surface area contributed by atoms with E-state index in [1.807, 2.05) is 6.92 Å². The summed E-state index contributed by atoms with van der Waals surface area (Å²) in [6.07, 6.45) is 1.57. The molecule has 1 atom stereocenters. The van der Waals surface area contributed by atoms with Gasteiger partial charge in [-0.15, -0.1) is 0 Å². The largest absolute Gasteiger partial charge is 0.394 e.